The fraction of sp³-hybridized carbons (Fsp3) is 0.625. The second kappa shape index (κ2) is 6.58. The minimum absolute atomic E-state index is 0.0427. The van der Waals surface area contributed by atoms with Gasteiger partial charge in [-0.2, -0.15) is 0 Å². The number of alkyl halides is 1. The maximum atomic E-state index is 11.3. The van der Waals surface area contributed by atoms with E-state index in [-0.39, 0.29) is 5.91 Å². The van der Waals surface area contributed by atoms with E-state index < -0.39 is 0 Å². The van der Waals surface area contributed by atoms with Crippen LogP contribution in [0, 0.1) is 0 Å². The summed E-state index contributed by atoms with van der Waals surface area (Å²) in [6.45, 7) is 0. The molecule has 1 aromatic rings. The molecule has 1 amide bonds. The summed E-state index contributed by atoms with van der Waals surface area (Å²) >= 11 is 6.82. The molecule has 1 aromatic heterocycles. The van der Waals surface area contributed by atoms with Gasteiger partial charge < -0.3 is 10.6 Å². The van der Waals surface area contributed by atoms with Gasteiger partial charge in [-0.3, -0.25) is 4.79 Å². The molecule has 7 heteroatoms. The van der Waals surface area contributed by atoms with Crippen LogP contribution in [0.15, 0.2) is 0 Å². The topological polar surface area (TPSA) is 66.9 Å². The van der Waals surface area contributed by atoms with Crippen LogP contribution in [0.25, 0.3) is 0 Å². The number of carbonyl (C=O) groups excluding carboxylic acids is 1. The Kier molecular flexibility index (Phi) is 5.34. The lowest BCUT2D eigenvalue weighted by Crippen LogP contribution is -2.10. The molecule has 0 saturated heterocycles. The number of unbranched alkanes of at least 4 members (excludes halogenated alkanes) is 1. The van der Waals surface area contributed by atoms with E-state index in [1.807, 2.05) is 0 Å². The van der Waals surface area contributed by atoms with Crippen LogP contribution in [0.1, 0.15) is 19.3 Å². The number of anilines is 2. The van der Waals surface area contributed by atoms with Crippen molar-refractivity contribution < 1.29 is 4.79 Å². The monoisotopic (exact) mass is 248 g/mol. The molecule has 0 aliphatic carbocycles. The summed E-state index contributed by atoms with van der Waals surface area (Å²) in [5.41, 5.74) is 0. The Labute approximate surface area is 97.2 Å². The molecule has 1 heterocycles. The highest BCUT2D eigenvalue weighted by molar-refractivity contribution is 7.19. The first kappa shape index (κ1) is 12.2. The third-order valence-corrected chi connectivity index (χ3v) is 2.80. The molecule has 2 N–H and O–H groups in total. The fourth-order valence-corrected chi connectivity index (χ4v) is 1.74. The minimum atomic E-state index is -0.0427. The molecule has 0 aliphatic rings. The molecular formula is C8H13ClN4OS. The molecule has 15 heavy (non-hydrogen) atoms. The summed E-state index contributed by atoms with van der Waals surface area (Å²) in [6.07, 6.45) is 2.13. The van der Waals surface area contributed by atoms with Crippen LogP contribution in [0.4, 0.5) is 10.3 Å². The maximum Gasteiger partial charge on any atom is 0.226 e. The Morgan fingerprint density at radius 3 is 2.73 bits per heavy atom. The van der Waals surface area contributed by atoms with E-state index in [9.17, 15) is 4.79 Å². The standard InChI is InChI=1S/C8H13ClN4OS/c1-10-7-12-13-8(15-7)11-6(14)4-2-3-5-9/h2-5H2,1H3,(H,10,12)(H,11,13,14). The van der Waals surface area contributed by atoms with Gasteiger partial charge in [0.05, 0.1) is 0 Å². The van der Waals surface area contributed by atoms with Gasteiger partial charge in [0.2, 0.25) is 16.2 Å². The minimum Gasteiger partial charge on any atom is -0.363 e. The highest BCUT2D eigenvalue weighted by atomic mass is 35.5. The van der Waals surface area contributed by atoms with Crippen molar-refractivity contribution in [2.45, 2.75) is 19.3 Å². The highest BCUT2D eigenvalue weighted by Crippen LogP contribution is 2.19. The zero-order chi connectivity index (χ0) is 11.1. The van der Waals surface area contributed by atoms with Gasteiger partial charge in [0.25, 0.3) is 0 Å². The van der Waals surface area contributed by atoms with E-state index in [1.54, 1.807) is 7.05 Å². The van der Waals surface area contributed by atoms with Gasteiger partial charge >= 0.3 is 0 Å². The Bertz CT molecular complexity index is 317. The Hall–Kier alpha value is -0.880. The van der Waals surface area contributed by atoms with Gasteiger partial charge in [0, 0.05) is 19.3 Å². The first-order valence-electron chi connectivity index (χ1n) is 4.63. The molecule has 0 saturated carbocycles. The second-order valence-corrected chi connectivity index (χ2v) is 4.21. The Morgan fingerprint density at radius 2 is 2.13 bits per heavy atom. The molecule has 0 radical (unpaired) electrons. The molecule has 0 atom stereocenters. The van der Waals surface area contributed by atoms with Crippen molar-refractivity contribution in [3.63, 3.8) is 0 Å². The van der Waals surface area contributed by atoms with Crippen LogP contribution < -0.4 is 10.6 Å². The van der Waals surface area contributed by atoms with Gasteiger partial charge in [0.1, 0.15) is 0 Å². The lowest BCUT2D eigenvalue weighted by atomic mass is 10.2. The van der Waals surface area contributed by atoms with E-state index in [2.05, 4.69) is 20.8 Å². The lowest BCUT2D eigenvalue weighted by Gasteiger charge is -1.99. The van der Waals surface area contributed by atoms with Gasteiger partial charge in [-0.25, -0.2) is 0 Å². The van der Waals surface area contributed by atoms with Crippen LogP contribution in [-0.2, 0) is 4.79 Å². The van der Waals surface area contributed by atoms with Gasteiger partial charge in [-0.05, 0) is 12.8 Å². The third-order valence-electron chi connectivity index (χ3n) is 1.67. The van der Waals surface area contributed by atoms with Crippen molar-refractivity contribution in [1.82, 2.24) is 10.2 Å². The smallest absolute Gasteiger partial charge is 0.226 e. The van der Waals surface area contributed by atoms with Crippen LogP contribution in [-0.4, -0.2) is 29.0 Å². The van der Waals surface area contributed by atoms with Crippen LogP contribution in [0.5, 0.6) is 0 Å². The zero-order valence-electron chi connectivity index (χ0n) is 8.42. The van der Waals surface area contributed by atoms with Crippen molar-refractivity contribution in [1.29, 1.82) is 0 Å². The van der Waals surface area contributed by atoms with E-state index in [4.69, 9.17) is 11.6 Å². The Morgan fingerprint density at radius 1 is 1.40 bits per heavy atom. The average molecular weight is 249 g/mol. The molecule has 0 spiro atoms. The molecule has 84 valence electrons. The number of nitrogens with one attached hydrogen (secondary N) is 2. The van der Waals surface area contributed by atoms with E-state index in [0.717, 1.165) is 12.8 Å². The van der Waals surface area contributed by atoms with Crippen LogP contribution in [0.3, 0.4) is 0 Å². The summed E-state index contributed by atoms with van der Waals surface area (Å²) in [4.78, 5) is 11.3. The van der Waals surface area contributed by atoms with Crippen molar-refractivity contribution in [3.05, 3.63) is 0 Å². The fourth-order valence-electron chi connectivity index (χ4n) is 0.937. The number of rotatable bonds is 6. The predicted octanol–water partition coefficient (Wildman–Crippen LogP) is 1.93. The van der Waals surface area contributed by atoms with Gasteiger partial charge in [0.15, 0.2) is 0 Å². The summed E-state index contributed by atoms with van der Waals surface area (Å²) in [5.74, 6) is 0.551. The molecule has 0 bridgehead atoms. The molecule has 1 rings (SSSR count). The first-order chi connectivity index (χ1) is 7.26. The number of hydrogen-bond donors (Lipinski definition) is 2. The lowest BCUT2D eigenvalue weighted by molar-refractivity contribution is -0.116. The Balaban J connectivity index is 2.31. The molecule has 0 fully saturated rings. The molecule has 0 aliphatic heterocycles. The summed E-state index contributed by atoms with van der Waals surface area (Å²) in [7, 11) is 1.76. The first-order valence-corrected chi connectivity index (χ1v) is 5.98. The third kappa shape index (κ3) is 4.44. The summed E-state index contributed by atoms with van der Waals surface area (Å²) in [5, 5.41) is 14.3. The summed E-state index contributed by atoms with van der Waals surface area (Å²) < 4.78 is 0. The number of aromatic nitrogens is 2. The average Bonchev–Trinajstić information content (AvgIpc) is 2.66. The van der Waals surface area contributed by atoms with Crippen LogP contribution in [0.2, 0.25) is 0 Å². The van der Waals surface area contributed by atoms with E-state index >= 15 is 0 Å². The number of hydrogen-bond acceptors (Lipinski definition) is 5. The molecular weight excluding hydrogens is 236 g/mol. The molecule has 5 nitrogen and oxygen atoms in total. The normalized spacial score (nSPS) is 10.0. The quantitative estimate of drug-likeness (QED) is 0.596. The maximum absolute atomic E-state index is 11.3. The number of amides is 1. The largest absolute Gasteiger partial charge is 0.363 e. The predicted molar refractivity (Wildman–Crippen MR) is 62.7 cm³/mol. The van der Waals surface area contributed by atoms with Crippen molar-refractivity contribution in [3.8, 4) is 0 Å². The van der Waals surface area contributed by atoms with Crippen molar-refractivity contribution in [2.24, 2.45) is 0 Å². The van der Waals surface area contributed by atoms with Gasteiger partial charge in [-0.1, -0.05) is 11.3 Å². The summed E-state index contributed by atoms with van der Waals surface area (Å²) in [6, 6.07) is 0. The van der Waals surface area contributed by atoms with Crippen LogP contribution >= 0.6 is 22.9 Å². The highest BCUT2D eigenvalue weighted by Gasteiger charge is 2.06. The zero-order valence-corrected chi connectivity index (χ0v) is 9.99. The number of halogens is 1. The SMILES string of the molecule is CNc1nnc(NC(=O)CCCCCl)s1. The van der Waals surface area contributed by atoms with E-state index in [0.29, 0.717) is 22.6 Å². The van der Waals surface area contributed by atoms with E-state index in [1.165, 1.54) is 11.3 Å². The van der Waals surface area contributed by atoms with Crippen molar-refractivity contribution >= 4 is 39.1 Å². The van der Waals surface area contributed by atoms with Crippen molar-refractivity contribution in [2.75, 3.05) is 23.6 Å². The second-order valence-electron chi connectivity index (χ2n) is 2.86. The molecule has 0 unspecified atom stereocenters. The molecule has 0 aromatic carbocycles. The van der Waals surface area contributed by atoms with Gasteiger partial charge in [-0.15, -0.1) is 21.8 Å². The number of nitrogens with zero attached hydrogens (tertiary/aromatic N) is 2. The number of carbonyl (C=O) groups is 1.